The van der Waals surface area contributed by atoms with Crippen LogP contribution in [0.3, 0.4) is 0 Å². The second-order valence-electron chi connectivity index (χ2n) is 4.01. The zero-order chi connectivity index (χ0) is 13.9. The Morgan fingerprint density at radius 3 is 2.42 bits per heavy atom. The monoisotopic (exact) mass is 299 g/mol. The van der Waals surface area contributed by atoms with Crippen molar-refractivity contribution < 1.29 is 22.3 Å². The van der Waals surface area contributed by atoms with Gasteiger partial charge in [0.2, 0.25) is 0 Å². The van der Waals surface area contributed by atoms with Gasteiger partial charge in [0.05, 0.1) is 0 Å². The van der Waals surface area contributed by atoms with Gasteiger partial charge in [-0.25, -0.2) is 4.39 Å². The summed E-state index contributed by atoms with van der Waals surface area (Å²) in [6, 6.07) is 2.65. The van der Waals surface area contributed by atoms with Crippen LogP contribution in [0.15, 0.2) is 30.4 Å². The summed E-state index contributed by atoms with van der Waals surface area (Å²) < 4.78 is 52.7. The van der Waals surface area contributed by atoms with Gasteiger partial charge in [-0.1, -0.05) is 11.6 Å². The van der Waals surface area contributed by atoms with E-state index in [1.165, 1.54) is 6.07 Å². The highest BCUT2D eigenvalue weighted by Gasteiger charge is 2.32. The van der Waals surface area contributed by atoms with Gasteiger partial charge < -0.3 is 10.5 Å². The molecule has 0 fully saturated rings. The highest BCUT2D eigenvalue weighted by Crippen LogP contribution is 2.28. The van der Waals surface area contributed by atoms with E-state index in [-0.39, 0.29) is 12.4 Å². The van der Waals surface area contributed by atoms with E-state index >= 15 is 0 Å². The highest BCUT2D eigenvalue weighted by molar-refractivity contribution is 5.85. The van der Waals surface area contributed by atoms with Gasteiger partial charge in [-0.2, -0.15) is 0 Å². The second kappa shape index (κ2) is 6.77. The van der Waals surface area contributed by atoms with Gasteiger partial charge in [0.25, 0.3) is 0 Å². The lowest BCUT2D eigenvalue weighted by Crippen LogP contribution is -2.18. The Kier molecular flexibility index (Phi) is 6.32. The van der Waals surface area contributed by atoms with Crippen LogP contribution in [0, 0.1) is 5.82 Å². The maximum atomic E-state index is 13.4. The molecule has 0 unspecified atom stereocenters. The second-order valence-corrected chi connectivity index (χ2v) is 4.01. The molecule has 7 heteroatoms. The van der Waals surface area contributed by atoms with Crippen LogP contribution in [0.25, 0.3) is 0 Å². The summed E-state index contributed by atoms with van der Waals surface area (Å²) in [5.41, 5.74) is 6.95. The first-order valence-electron chi connectivity index (χ1n) is 5.14. The topological polar surface area (TPSA) is 35.2 Å². The van der Waals surface area contributed by atoms with E-state index < -0.39 is 24.0 Å². The molecule has 0 aliphatic rings. The van der Waals surface area contributed by atoms with E-state index in [2.05, 4.69) is 11.3 Å². The normalized spacial score (nSPS) is 12.5. The molecular weight excluding hydrogens is 286 g/mol. The smallest absolute Gasteiger partial charge is 0.403 e. The summed E-state index contributed by atoms with van der Waals surface area (Å²) in [5, 5.41) is 0. The maximum absolute atomic E-state index is 13.4. The molecule has 19 heavy (non-hydrogen) atoms. The number of ether oxygens (including phenoxy) is 1. The van der Waals surface area contributed by atoms with Gasteiger partial charge in [0.1, 0.15) is 0 Å². The molecule has 1 atom stereocenters. The van der Waals surface area contributed by atoms with E-state index in [9.17, 15) is 17.6 Å². The Morgan fingerprint density at radius 1 is 1.42 bits per heavy atom. The maximum Gasteiger partial charge on any atom is 0.573 e. The van der Waals surface area contributed by atoms with Crippen molar-refractivity contribution in [3.63, 3.8) is 0 Å². The van der Waals surface area contributed by atoms with Gasteiger partial charge in [-0.05, 0) is 31.0 Å². The fraction of sp³-hybridized carbons (Fsp3) is 0.333. The third-order valence-electron chi connectivity index (χ3n) is 2.18. The van der Waals surface area contributed by atoms with E-state index in [4.69, 9.17) is 5.73 Å². The minimum Gasteiger partial charge on any atom is -0.403 e. The van der Waals surface area contributed by atoms with Gasteiger partial charge in [0.15, 0.2) is 11.6 Å². The van der Waals surface area contributed by atoms with Crippen LogP contribution in [0.2, 0.25) is 0 Å². The predicted octanol–water partition coefficient (Wildman–Crippen LogP) is 4.11. The lowest BCUT2D eigenvalue weighted by atomic mass is 10.0. The molecule has 1 aromatic carbocycles. The van der Waals surface area contributed by atoms with Crippen LogP contribution in [-0.2, 0) is 0 Å². The van der Waals surface area contributed by atoms with Crippen molar-refractivity contribution >= 4 is 12.4 Å². The fourth-order valence-corrected chi connectivity index (χ4v) is 1.45. The summed E-state index contributed by atoms with van der Waals surface area (Å²) in [7, 11) is 0. The first-order chi connectivity index (χ1) is 8.19. The standard InChI is InChI=1S/C12H13F4NO.ClH/c1-7(2)5-10(17)8-3-4-11(9(13)6-8)18-12(14,15)16;/h3-4,6,10H,1,5,17H2,2H3;1H/t10-;/m1./s1. The van der Waals surface area contributed by atoms with E-state index in [1.807, 2.05) is 0 Å². The molecular formula is C12H14ClF4NO. The minimum absolute atomic E-state index is 0. The number of benzene rings is 1. The number of halogens is 5. The summed E-state index contributed by atoms with van der Waals surface area (Å²) >= 11 is 0. The average Bonchev–Trinajstić information content (AvgIpc) is 2.18. The molecule has 2 N–H and O–H groups in total. The van der Waals surface area contributed by atoms with Gasteiger partial charge in [-0.3, -0.25) is 0 Å². The number of nitrogens with two attached hydrogens (primary N) is 1. The van der Waals surface area contributed by atoms with Crippen LogP contribution in [0.5, 0.6) is 5.75 Å². The Bertz CT molecular complexity index is 448. The molecule has 0 heterocycles. The molecule has 108 valence electrons. The Morgan fingerprint density at radius 2 is 2.00 bits per heavy atom. The van der Waals surface area contributed by atoms with Crippen LogP contribution in [0.4, 0.5) is 17.6 Å². The SMILES string of the molecule is C=C(C)C[C@@H](N)c1ccc(OC(F)(F)F)c(F)c1.Cl. The molecule has 0 aliphatic heterocycles. The molecule has 0 saturated heterocycles. The molecule has 1 aromatic rings. The van der Waals surface area contributed by atoms with Crippen LogP contribution in [0.1, 0.15) is 24.9 Å². The predicted molar refractivity (Wildman–Crippen MR) is 66.7 cm³/mol. The molecule has 0 bridgehead atoms. The number of hydrogen-bond donors (Lipinski definition) is 1. The van der Waals surface area contributed by atoms with Crippen molar-refractivity contribution in [2.45, 2.75) is 25.7 Å². The third kappa shape index (κ3) is 5.94. The summed E-state index contributed by atoms with van der Waals surface area (Å²) in [6.45, 7) is 5.42. The molecule has 1 rings (SSSR count). The van der Waals surface area contributed by atoms with Crippen molar-refractivity contribution in [2.24, 2.45) is 5.73 Å². The summed E-state index contributed by atoms with van der Waals surface area (Å²) in [6.07, 6.45) is -4.49. The van der Waals surface area contributed by atoms with E-state index in [1.54, 1.807) is 6.92 Å². The molecule has 2 nitrogen and oxygen atoms in total. The largest absolute Gasteiger partial charge is 0.573 e. The van der Waals surface area contributed by atoms with Crippen molar-refractivity contribution in [3.05, 3.63) is 41.7 Å². The molecule has 0 spiro atoms. The number of hydrogen-bond acceptors (Lipinski definition) is 2. The Balaban J connectivity index is 0.00000324. The van der Waals surface area contributed by atoms with Crippen LogP contribution in [-0.4, -0.2) is 6.36 Å². The molecule has 0 aromatic heterocycles. The van der Waals surface area contributed by atoms with Crippen molar-refractivity contribution in [3.8, 4) is 5.75 Å². The molecule has 0 saturated carbocycles. The van der Waals surface area contributed by atoms with Crippen LogP contribution >= 0.6 is 12.4 Å². The van der Waals surface area contributed by atoms with Crippen molar-refractivity contribution in [1.82, 2.24) is 0 Å². The van der Waals surface area contributed by atoms with E-state index in [0.29, 0.717) is 12.0 Å². The Labute approximate surface area is 114 Å². The van der Waals surface area contributed by atoms with Crippen LogP contribution < -0.4 is 10.5 Å². The van der Waals surface area contributed by atoms with Gasteiger partial charge in [-0.15, -0.1) is 32.2 Å². The van der Waals surface area contributed by atoms with Crippen molar-refractivity contribution in [2.75, 3.05) is 0 Å². The minimum atomic E-state index is -4.91. The Hall–Kier alpha value is -1.27. The highest BCUT2D eigenvalue weighted by atomic mass is 35.5. The van der Waals surface area contributed by atoms with E-state index in [0.717, 1.165) is 17.7 Å². The lowest BCUT2D eigenvalue weighted by molar-refractivity contribution is -0.275. The van der Waals surface area contributed by atoms with Gasteiger partial charge in [0, 0.05) is 6.04 Å². The first kappa shape index (κ1) is 17.7. The molecule has 0 aliphatic carbocycles. The molecule has 0 radical (unpaired) electrons. The number of alkyl halides is 3. The van der Waals surface area contributed by atoms with Gasteiger partial charge >= 0.3 is 6.36 Å². The zero-order valence-corrected chi connectivity index (χ0v) is 10.9. The molecule has 0 amide bonds. The van der Waals surface area contributed by atoms with Crippen molar-refractivity contribution in [1.29, 1.82) is 0 Å². The third-order valence-corrected chi connectivity index (χ3v) is 2.18. The first-order valence-corrected chi connectivity index (χ1v) is 5.14. The summed E-state index contributed by atoms with van der Waals surface area (Å²) in [4.78, 5) is 0. The number of rotatable bonds is 4. The zero-order valence-electron chi connectivity index (χ0n) is 10.1. The summed E-state index contributed by atoms with van der Waals surface area (Å²) in [5.74, 6) is -1.96. The fourth-order valence-electron chi connectivity index (χ4n) is 1.45. The average molecular weight is 300 g/mol. The lowest BCUT2D eigenvalue weighted by Gasteiger charge is -2.14. The quantitative estimate of drug-likeness (QED) is 0.671.